The van der Waals surface area contributed by atoms with Crippen LogP contribution in [0.5, 0.6) is 0 Å². The van der Waals surface area contributed by atoms with Gasteiger partial charge in [0, 0.05) is 28.0 Å². The van der Waals surface area contributed by atoms with Crippen LogP contribution in [0, 0.1) is 0 Å². The van der Waals surface area contributed by atoms with Crippen molar-refractivity contribution in [2.45, 2.75) is 25.3 Å². The number of aromatic nitrogens is 1. The van der Waals surface area contributed by atoms with Crippen molar-refractivity contribution in [3.05, 3.63) is 174 Å². The molecule has 1 unspecified atom stereocenters. The van der Waals surface area contributed by atoms with Gasteiger partial charge < -0.3 is 5.32 Å². The molecule has 2 aliphatic heterocycles. The predicted octanol–water partition coefficient (Wildman–Crippen LogP) is 10.6. The van der Waals surface area contributed by atoms with Gasteiger partial charge in [0.05, 0.1) is 22.8 Å². The zero-order valence-electron chi connectivity index (χ0n) is 26.9. The van der Waals surface area contributed by atoms with Crippen molar-refractivity contribution in [2.24, 2.45) is 4.99 Å². The van der Waals surface area contributed by atoms with Crippen molar-refractivity contribution in [3.63, 3.8) is 0 Å². The van der Waals surface area contributed by atoms with E-state index in [0.717, 1.165) is 22.7 Å². The lowest BCUT2D eigenvalue weighted by molar-refractivity contribution is 0.663. The van der Waals surface area contributed by atoms with Crippen molar-refractivity contribution < 1.29 is 0 Å². The zero-order valence-corrected chi connectivity index (χ0v) is 26.9. The second kappa shape index (κ2) is 10.0. The first-order valence-corrected chi connectivity index (χ1v) is 16.8. The number of hydrogen-bond acceptors (Lipinski definition) is 2. The molecule has 3 nitrogen and oxygen atoms in total. The summed E-state index contributed by atoms with van der Waals surface area (Å²) in [6.45, 7) is 4.80. The summed E-state index contributed by atoms with van der Waals surface area (Å²) in [6, 6.07) is 48.2. The molecule has 1 atom stereocenters. The number of benzene rings is 6. The lowest BCUT2D eigenvalue weighted by atomic mass is 9.80. The summed E-state index contributed by atoms with van der Waals surface area (Å²) in [7, 11) is 0. The van der Waals surface area contributed by atoms with Crippen LogP contribution in [0.4, 0.5) is 0 Å². The number of allylic oxidation sites excluding steroid dienone is 3. The maximum absolute atomic E-state index is 5.04. The van der Waals surface area contributed by atoms with Crippen molar-refractivity contribution in [1.82, 2.24) is 9.88 Å². The normalized spacial score (nSPS) is 17.6. The fourth-order valence-electron chi connectivity index (χ4n) is 8.60. The highest BCUT2D eigenvalue weighted by atomic mass is 15.2. The van der Waals surface area contributed by atoms with Gasteiger partial charge in [-0.05, 0) is 67.9 Å². The van der Waals surface area contributed by atoms with Crippen LogP contribution in [-0.4, -0.2) is 16.8 Å². The maximum Gasteiger partial charge on any atom is 0.112 e. The van der Waals surface area contributed by atoms with Crippen LogP contribution in [0.25, 0.3) is 60.7 Å². The van der Waals surface area contributed by atoms with Crippen molar-refractivity contribution in [3.8, 4) is 11.1 Å². The van der Waals surface area contributed by atoms with Gasteiger partial charge in [-0.25, -0.2) is 0 Å². The molecule has 3 aliphatic rings. The van der Waals surface area contributed by atoms with Crippen LogP contribution in [0.15, 0.2) is 156 Å². The fraction of sp³-hybridized carbons (Fsp3) is 0.0889. The van der Waals surface area contributed by atoms with Crippen LogP contribution >= 0.6 is 0 Å². The molecule has 6 aromatic carbocycles. The molecular formula is C45H33N3. The van der Waals surface area contributed by atoms with Crippen LogP contribution in [-0.2, 0) is 5.41 Å². The minimum atomic E-state index is -0.205. The summed E-state index contributed by atoms with van der Waals surface area (Å²) >= 11 is 0. The van der Waals surface area contributed by atoms with Gasteiger partial charge in [0.1, 0.15) is 5.82 Å². The molecule has 3 heterocycles. The smallest absolute Gasteiger partial charge is 0.112 e. The third-order valence-electron chi connectivity index (χ3n) is 10.7. The van der Waals surface area contributed by atoms with Gasteiger partial charge in [-0.15, -0.1) is 0 Å². The summed E-state index contributed by atoms with van der Waals surface area (Å²) < 4.78 is 2.52. The lowest BCUT2D eigenvalue weighted by Gasteiger charge is -2.33. The Kier molecular flexibility index (Phi) is 5.69. The highest BCUT2D eigenvalue weighted by Gasteiger charge is 2.41. The fourth-order valence-corrected chi connectivity index (χ4v) is 8.60. The molecule has 48 heavy (non-hydrogen) atoms. The van der Waals surface area contributed by atoms with E-state index in [1.165, 1.54) is 66.0 Å². The Balaban J connectivity index is 1.34. The number of para-hydroxylation sites is 1. The topological polar surface area (TPSA) is 29.3 Å². The monoisotopic (exact) mass is 615 g/mol. The number of aliphatic imine (C=N–C) groups is 1. The van der Waals surface area contributed by atoms with E-state index in [-0.39, 0.29) is 11.5 Å². The molecule has 3 heteroatoms. The van der Waals surface area contributed by atoms with Gasteiger partial charge >= 0.3 is 0 Å². The Labute approximate surface area is 279 Å². The Hall–Kier alpha value is -5.93. The first-order chi connectivity index (χ1) is 23.6. The SMILES string of the molecule is CC1(C)c2ccccc2-c2c1c1c(c3ccccc23)c2ccccc2n1C1=CC(c2ccccc2)=C2N=CC=C(c3ccccc3)C2N1. The van der Waals surface area contributed by atoms with E-state index < -0.39 is 0 Å². The molecule has 1 aliphatic carbocycles. The van der Waals surface area contributed by atoms with Crippen LogP contribution in [0.3, 0.4) is 0 Å². The highest BCUT2D eigenvalue weighted by Crippen LogP contribution is 2.56. The average Bonchev–Trinajstić information content (AvgIpc) is 3.61. The van der Waals surface area contributed by atoms with E-state index in [4.69, 9.17) is 4.99 Å². The van der Waals surface area contributed by atoms with Gasteiger partial charge in [-0.2, -0.15) is 0 Å². The minimum absolute atomic E-state index is 0.123. The first-order valence-electron chi connectivity index (χ1n) is 16.8. The van der Waals surface area contributed by atoms with Gasteiger partial charge in [-0.1, -0.05) is 141 Å². The molecular weight excluding hydrogens is 583 g/mol. The molecule has 0 fully saturated rings. The molecule has 7 aromatic rings. The molecule has 0 saturated heterocycles. The van der Waals surface area contributed by atoms with E-state index in [9.17, 15) is 0 Å². The molecule has 228 valence electrons. The summed E-state index contributed by atoms with van der Waals surface area (Å²) in [5.41, 5.74) is 13.4. The second-order valence-electron chi connectivity index (χ2n) is 13.6. The second-order valence-corrected chi connectivity index (χ2v) is 13.6. The molecule has 0 spiro atoms. The molecule has 1 N–H and O–H groups in total. The quantitative estimate of drug-likeness (QED) is 0.211. The van der Waals surface area contributed by atoms with Crippen LogP contribution in [0.2, 0.25) is 0 Å². The molecule has 1 aromatic heterocycles. The van der Waals surface area contributed by atoms with E-state index in [1.54, 1.807) is 0 Å². The van der Waals surface area contributed by atoms with E-state index >= 15 is 0 Å². The standard InChI is InChI=1S/C45H33N3/c1-45(2)36-23-13-11-21-33(36)39-31-19-9-10-20-32(31)40-34-22-12-14-24-37(34)48(44(40)41(39)45)38-27-35(29-17-7-4-8-18-29)42-43(47-38)30(25-26-46-42)28-15-5-3-6-16-28/h3-27,43,47H,1-2H3. The van der Waals surface area contributed by atoms with Crippen LogP contribution < -0.4 is 5.32 Å². The Morgan fingerprint density at radius 1 is 0.667 bits per heavy atom. The Morgan fingerprint density at radius 2 is 1.31 bits per heavy atom. The van der Waals surface area contributed by atoms with Crippen molar-refractivity contribution >= 4 is 55.8 Å². The first kappa shape index (κ1) is 27.2. The largest absolute Gasteiger partial charge is 0.359 e. The number of rotatable bonds is 3. The van der Waals surface area contributed by atoms with Crippen LogP contribution in [0.1, 0.15) is 36.1 Å². The summed E-state index contributed by atoms with van der Waals surface area (Å²) in [5, 5.41) is 9.23. The minimum Gasteiger partial charge on any atom is -0.359 e. The molecule has 10 rings (SSSR count). The Bertz CT molecular complexity index is 2590. The average molecular weight is 616 g/mol. The number of hydrogen-bond donors (Lipinski definition) is 1. The van der Waals surface area contributed by atoms with Gasteiger partial charge in [-0.3, -0.25) is 9.56 Å². The third-order valence-corrected chi connectivity index (χ3v) is 10.7. The summed E-state index contributed by atoms with van der Waals surface area (Å²) in [5.74, 6) is 1.05. The third kappa shape index (κ3) is 3.67. The molecule has 0 saturated carbocycles. The Morgan fingerprint density at radius 3 is 2.10 bits per heavy atom. The molecule has 0 bridgehead atoms. The number of nitrogens with one attached hydrogen (secondary N) is 1. The highest BCUT2D eigenvalue weighted by molar-refractivity contribution is 6.27. The van der Waals surface area contributed by atoms with Crippen molar-refractivity contribution in [1.29, 1.82) is 0 Å². The lowest BCUT2D eigenvalue weighted by Crippen LogP contribution is -2.37. The van der Waals surface area contributed by atoms with E-state index in [0.29, 0.717) is 0 Å². The number of dihydropyridines is 2. The number of nitrogens with zero attached hydrogens (tertiary/aromatic N) is 2. The molecule has 0 amide bonds. The van der Waals surface area contributed by atoms with Gasteiger partial charge in [0.15, 0.2) is 0 Å². The summed E-state index contributed by atoms with van der Waals surface area (Å²) in [4.78, 5) is 5.04. The summed E-state index contributed by atoms with van der Waals surface area (Å²) in [6.07, 6.45) is 6.45. The maximum atomic E-state index is 5.04. The van der Waals surface area contributed by atoms with Crippen molar-refractivity contribution in [2.75, 3.05) is 0 Å². The van der Waals surface area contributed by atoms with Gasteiger partial charge in [0.2, 0.25) is 0 Å². The van der Waals surface area contributed by atoms with Gasteiger partial charge in [0.25, 0.3) is 0 Å². The predicted molar refractivity (Wildman–Crippen MR) is 202 cm³/mol. The van der Waals surface area contributed by atoms with E-state index in [2.05, 4.69) is 169 Å². The van der Waals surface area contributed by atoms with E-state index in [1.807, 2.05) is 6.21 Å². The number of fused-ring (bicyclic) bond motifs is 11. The zero-order chi connectivity index (χ0) is 32.0. The molecule has 0 radical (unpaired) electrons.